The SMILES string of the molecule is Nc1cncnc1OCCc1ccccn1. The third-order valence-electron chi connectivity index (χ3n) is 2.03. The van der Waals surface area contributed by atoms with E-state index >= 15 is 0 Å². The van der Waals surface area contributed by atoms with E-state index in [9.17, 15) is 0 Å². The van der Waals surface area contributed by atoms with Crippen molar-refractivity contribution in [2.24, 2.45) is 0 Å². The number of ether oxygens (including phenoxy) is 1. The number of nitrogen functional groups attached to an aromatic ring is 1. The highest BCUT2D eigenvalue weighted by molar-refractivity contribution is 5.44. The first-order valence-electron chi connectivity index (χ1n) is 4.94. The van der Waals surface area contributed by atoms with Crippen LogP contribution in [0.4, 0.5) is 5.69 Å². The number of hydrogen-bond acceptors (Lipinski definition) is 5. The number of nitrogens with zero attached hydrogens (tertiary/aromatic N) is 3. The summed E-state index contributed by atoms with van der Waals surface area (Å²) >= 11 is 0. The van der Waals surface area contributed by atoms with E-state index in [0.29, 0.717) is 18.2 Å². The van der Waals surface area contributed by atoms with E-state index in [1.807, 2.05) is 18.2 Å². The number of pyridine rings is 1. The minimum Gasteiger partial charge on any atom is -0.476 e. The van der Waals surface area contributed by atoms with Crippen LogP contribution in [0, 0.1) is 0 Å². The fourth-order valence-corrected chi connectivity index (χ4v) is 1.25. The van der Waals surface area contributed by atoms with E-state index in [0.717, 1.165) is 12.1 Å². The minimum atomic E-state index is 0.422. The molecule has 2 heterocycles. The standard InChI is InChI=1S/C11H12N4O/c12-10-7-13-8-15-11(10)16-6-4-9-3-1-2-5-14-9/h1-3,5,7-8H,4,6,12H2. The summed E-state index contributed by atoms with van der Waals surface area (Å²) in [6.45, 7) is 0.498. The van der Waals surface area contributed by atoms with E-state index < -0.39 is 0 Å². The Kier molecular flexibility index (Phi) is 3.28. The van der Waals surface area contributed by atoms with Crippen molar-refractivity contribution in [2.75, 3.05) is 12.3 Å². The summed E-state index contributed by atoms with van der Waals surface area (Å²) in [5, 5.41) is 0. The molecule has 2 rings (SSSR count). The van der Waals surface area contributed by atoms with Gasteiger partial charge in [0.2, 0.25) is 5.88 Å². The van der Waals surface area contributed by atoms with E-state index in [1.54, 1.807) is 6.20 Å². The summed E-state index contributed by atoms with van der Waals surface area (Å²) in [5.41, 5.74) is 7.06. The average Bonchev–Trinajstić information content (AvgIpc) is 2.33. The predicted octanol–water partition coefficient (Wildman–Crippen LogP) is 1.08. The maximum Gasteiger partial charge on any atom is 0.240 e. The van der Waals surface area contributed by atoms with E-state index in [-0.39, 0.29) is 0 Å². The van der Waals surface area contributed by atoms with Crippen LogP contribution in [0.2, 0.25) is 0 Å². The van der Waals surface area contributed by atoms with Crippen molar-refractivity contribution >= 4 is 5.69 Å². The molecule has 0 bridgehead atoms. The first-order chi connectivity index (χ1) is 7.86. The Morgan fingerprint density at radius 1 is 1.25 bits per heavy atom. The molecule has 0 spiro atoms. The molecule has 0 aliphatic carbocycles. The summed E-state index contributed by atoms with van der Waals surface area (Å²) in [7, 11) is 0. The molecular weight excluding hydrogens is 204 g/mol. The molecule has 82 valence electrons. The second-order valence-corrected chi connectivity index (χ2v) is 3.20. The van der Waals surface area contributed by atoms with Crippen LogP contribution in [-0.2, 0) is 6.42 Å². The Morgan fingerprint density at radius 3 is 2.94 bits per heavy atom. The van der Waals surface area contributed by atoms with Crippen LogP contribution >= 0.6 is 0 Å². The molecule has 2 aromatic heterocycles. The highest BCUT2D eigenvalue weighted by Crippen LogP contribution is 2.14. The van der Waals surface area contributed by atoms with E-state index in [2.05, 4.69) is 15.0 Å². The van der Waals surface area contributed by atoms with Crippen molar-refractivity contribution in [3.8, 4) is 5.88 Å². The Hall–Kier alpha value is -2.17. The lowest BCUT2D eigenvalue weighted by atomic mass is 10.3. The van der Waals surface area contributed by atoms with Crippen LogP contribution in [0.5, 0.6) is 5.88 Å². The van der Waals surface area contributed by atoms with Gasteiger partial charge in [0, 0.05) is 18.3 Å². The summed E-state index contributed by atoms with van der Waals surface area (Å²) in [4.78, 5) is 11.9. The van der Waals surface area contributed by atoms with Crippen molar-refractivity contribution in [3.63, 3.8) is 0 Å². The summed E-state index contributed by atoms with van der Waals surface area (Å²) in [5.74, 6) is 0.422. The van der Waals surface area contributed by atoms with Crippen LogP contribution in [0.3, 0.4) is 0 Å². The Bertz CT molecular complexity index is 447. The van der Waals surface area contributed by atoms with Gasteiger partial charge in [-0.05, 0) is 12.1 Å². The average molecular weight is 216 g/mol. The zero-order valence-electron chi connectivity index (χ0n) is 8.71. The highest BCUT2D eigenvalue weighted by Gasteiger charge is 2.01. The van der Waals surface area contributed by atoms with Gasteiger partial charge in [-0.2, -0.15) is 0 Å². The van der Waals surface area contributed by atoms with Gasteiger partial charge < -0.3 is 10.5 Å². The summed E-state index contributed by atoms with van der Waals surface area (Å²) in [6.07, 6.45) is 5.41. The van der Waals surface area contributed by atoms with Gasteiger partial charge in [0.15, 0.2) is 0 Å². The molecule has 2 aromatic rings. The first kappa shape index (κ1) is 10.4. The molecule has 16 heavy (non-hydrogen) atoms. The predicted molar refractivity (Wildman–Crippen MR) is 59.9 cm³/mol. The van der Waals surface area contributed by atoms with Gasteiger partial charge in [0.25, 0.3) is 0 Å². The van der Waals surface area contributed by atoms with Gasteiger partial charge in [0.05, 0.1) is 12.8 Å². The lowest BCUT2D eigenvalue weighted by Crippen LogP contribution is -2.06. The normalized spacial score (nSPS) is 10.0. The van der Waals surface area contributed by atoms with Crippen LogP contribution in [-0.4, -0.2) is 21.6 Å². The molecule has 5 nitrogen and oxygen atoms in total. The van der Waals surface area contributed by atoms with Gasteiger partial charge >= 0.3 is 0 Å². The monoisotopic (exact) mass is 216 g/mol. The van der Waals surface area contributed by atoms with Gasteiger partial charge in [-0.3, -0.25) is 4.98 Å². The molecule has 0 saturated carbocycles. The van der Waals surface area contributed by atoms with Gasteiger partial charge in [0.1, 0.15) is 12.0 Å². The zero-order valence-corrected chi connectivity index (χ0v) is 8.71. The zero-order chi connectivity index (χ0) is 11.2. The van der Waals surface area contributed by atoms with Gasteiger partial charge in [-0.15, -0.1) is 0 Å². The first-order valence-corrected chi connectivity index (χ1v) is 4.94. The van der Waals surface area contributed by atoms with Crippen LogP contribution in [0.25, 0.3) is 0 Å². The number of rotatable bonds is 4. The molecule has 0 fully saturated rings. The van der Waals surface area contributed by atoms with Crippen LogP contribution in [0.15, 0.2) is 36.9 Å². The number of hydrogen-bond donors (Lipinski definition) is 1. The van der Waals surface area contributed by atoms with E-state index in [4.69, 9.17) is 10.5 Å². The summed E-state index contributed by atoms with van der Waals surface area (Å²) in [6, 6.07) is 5.78. The second kappa shape index (κ2) is 5.06. The van der Waals surface area contributed by atoms with Gasteiger partial charge in [-0.25, -0.2) is 9.97 Å². The smallest absolute Gasteiger partial charge is 0.240 e. The summed E-state index contributed by atoms with van der Waals surface area (Å²) < 4.78 is 5.42. The molecule has 0 aliphatic rings. The van der Waals surface area contributed by atoms with Crippen molar-refractivity contribution in [1.29, 1.82) is 0 Å². The maximum absolute atomic E-state index is 5.63. The molecular formula is C11H12N4O. The van der Waals surface area contributed by atoms with E-state index in [1.165, 1.54) is 12.5 Å². The molecule has 0 aromatic carbocycles. The fourth-order valence-electron chi connectivity index (χ4n) is 1.25. The molecule has 0 radical (unpaired) electrons. The maximum atomic E-state index is 5.63. The Labute approximate surface area is 93.3 Å². The van der Waals surface area contributed by atoms with Crippen molar-refractivity contribution in [1.82, 2.24) is 15.0 Å². The number of anilines is 1. The Morgan fingerprint density at radius 2 is 2.19 bits per heavy atom. The number of nitrogens with two attached hydrogens (primary N) is 1. The fraction of sp³-hybridized carbons (Fsp3) is 0.182. The molecule has 0 atom stereocenters. The third-order valence-corrected chi connectivity index (χ3v) is 2.03. The molecule has 0 aliphatic heterocycles. The third kappa shape index (κ3) is 2.66. The molecule has 2 N–H and O–H groups in total. The quantitative estimate of drug-likeness (QED) is 0.827. The highest BCUT2D eigenvalue weighted by atomic mass is 16.5. The molecule has 0 saturated heterocycles. The topological polar surface area (TPSA) is 73.9 Å². The molecule has 0 unspecified atom stereocenters. The van der Waals surface area contributed by atoms with Crippen molar-refractivity contribution in [3.05, 3.63) is 42.6 Å². The minimum absolute atomic E-state index is 0.422. The van der Waals surface area contributed by atoms with Crippen LogP contribution in [0.1, 0.15) is 5.69 Å². The van der Waals surface area contributed by atoms with Crippen molar-refractivity contribution < 1.29 is 4.74 Å². The van der Waals surface area contributed by atoms with Crippen molar-refractivity contribution in [2.45, 2.75) is 6.42 Å². The number of aromatic nitrogens is 3. The Balaban J connectivity index is 1.87. The largest absolute Gasteiger partial charge is 0.476 e. The lowest BCUT2D eigenvalue weighted by molar-refractivity contribution is 0.309. The molecule has 5 heteroatoms. The lowest BCUT2D eigenvalue weighted by Gasteiger charge is -2.06. The second-order valence-electron chi connectivity index (χ2n) is 3.20. The molecule has 0 amide bonds. The van der Waals surface area contributed by atoms with Crippen LogP contribution < -0.4 is 10.5 Å². The van der Waals surface area contributed by atoms with Gasteiger partial charge in [-0.1, -0.05) is 6.07 Å².